The first-order valence-corrected chi connectivity index (χ1v) is 11.2. The van der Waals surface area contributed by atoms with Gasteiger partial charge in [-0.3, -0.25) is 0 Å². The zero-order chi connectivity index (χ0) is 24.5. The lowest BCUT2D eigenvalue weighted by atomic mass is 10.1. The van der Waals surface area contributed by atoms with Gasteiger partial charge in [-0.1, -0.05) is 0 Å². The number of ether oxygens (including phenoxy) is 4. The number of nitrogens with zero attached hydrogens (tertiary/aromatic N) is 5. The number of rotatable bonds is 7. The average Bonchev–Trinajstić information content (AvgIpc) is 3.54. The first kappa shape index (κ1) is 22.5. The number of tetrazole rings is 1. The van der Waals surface area contributed by atoms with Gasteiger partial charge in [0.05, 0.1) is 38.7 Å². The van der Waals surface area contributed by atoms with Crippen LogP contribution in [-0.2, 0) is 0 Å². The van der Waals surface area contributed by atoms with Crippen LogP contribution in [0.1, 0.15) is 0 Å². The monoisotopic (exact) mass is 493 g/mol. The summed E-state index contributed by atoms with van der Waals surface area (Å²) in [5, 5.41) is 13.0. The van der Waals surface area contributed by atoms with Gasteiger partial charge in [0.25, 0.3) is 0 Å². The molecule has 0 saturated heterocycles. The molecule has 0 bridgehead atoms. The molecule has 5 rings (SSSR count). The molecule has 0 atom stereocenters. The van der Waals surface area contributed by atoms with E-state index in [1.807, 2.05) is 18.2 Å². The molecule has 2 aromatic heterocycles. The summed E-state index contributed by atoms with van der Waals surface area (Å²) in [6, 6.07) is 13.7. The summed E-state index contributed by atoms with van der Waals surface area (Å²) in [5.74, 6) is 2.12. The third-order valence-corrected chi connectivity index (χ3v) is 6.47. The predicted octanol–water partition coefficient (Wildman–Crippen LogP) is 4.78. The van der Waals surface area contributed by atoms with Gasteiger partial charge >= 0.3 is 0 Å². The molecule has 0 radical (unpaired) electrons. The highest BCUT2D eigenvalue weighted by atomic mass is 32.1. The van der Waals surface area contributed by atoms with Crippen molar-refractivity contribution in [2.75, 3.05) is 28.4 Å². The molecule has 0 aliphatic rings. The van der Waals surface area contributed by atoms with E-state index in [4.69, 9.17) is 18.9 Å². The molecule has 0 fully saturated rings. The minimum atomic E-state index is -0.293. The number of hydrogen-bond donors (Lipinski definition) is 0. The lowest BCUT2D eigenvalue weighted by Crippen LogP contribution is -2.03. The maximum absolute atomic E-state index is 13.6. The van der Waals surface area contributed by atoms with Crippen LogP contribution in [0.15, 0.2) is 48.5 Å². The van der Waals surface area contributed by atoms with Crippen molar-refractivity contribution in [3.05, 3.63) is 54.3 Å². The minimum absolute atomic E-state index is 0.293. The average molecular weight is 494 g/mol. The summed E-state index contributed by atoms with van der Waals surface area (Å²) in [6.07, 6.45) is 0. The van der Waals surface area contributed by atoms with Crippen LogP contribution in [-0.4, -0.2) is 53.6 Å². The highest BCUT2D eigenvalue weighted by Gasteiger charge is 2.21. The smallest absolute Gasteiger partial charge is 0.203 e. The van der Waals surface area contributed by atoms with Crippen LogP contribution >= 0.6 is 11.3 Å². The Labute approximate surface area is 203 Å². The third kappa shape index (κ3) is 3.99. The second-order valence-corrected chi connectivity index (χ2v) is 8.38. The fourth-order valence-corrected chi connectivity index (χ4v) is 4.73. The van der Waals surface area contributed by atoms with Gasteiger partial charge in [-0.05, 0) is 59.0 Å². The van der Waals surface area contributed by atoms with Crippen molar-refractivity contribution in [3.63, 3.8) is 0 Å². The maximum atomic E-state index is 13.6. The van der Waals surface area contributed by atoms with Gasteiger partial charge in [0.1, 0.15) is 22.3 Å². The van der Waals surface area contributed by atoms with Crippen LogP contribution in [0.3, 0.4) is 0 Å². The van der Waals surface area contributed by atoms with Crippen LogP contribution in [0.25, 0.3) is 37.9 Å². The van der Waals surface area contributed by atoms with Gasteiger partial charge in [0.2, 0.25) is 5.75 Å². The molecule has 178 valence electrons. The van der Waals surface area contributed by atoms with E-state index in [2.05, 4.69) is 20.5 Å². The summed E-state index contributed by atoms with van der Waals surface area (Å²) in [7, 11) is 6.20. The van der Waals surface area contributed by atoms with Crippen molar-refractivity contribution < 1.29 is 23.3 Å². The predicted molar refractivity (Wildman–Crippen MR) is 129 cm³/mol. The molecule has 3 aromatic carbocycles. The fourth-order valence-electron chi connectivity index (χ4n) is 3.75. The van der Waals surface area contributed by atoms with Gasteiger partial charge in [-0.25, -0.2) is 9.37 Å². The highest BCUT2D eigenvalue weighted by molar-refractivity contribution is 7.21. The number of methoxy groups -OCH3 is 4. The second kappa shape index (κ2) is 9.18. The Bertz CT molecular complexity index is 1510. The Morgan fingerprint density at radius 2 is 1.51 bits per heavy atom. The molecule has 0 aliphatic carbocycles. The van der Waals surface area contributed by atoms with Crippen molar-refractivity contribution >= 4 is 21.6 Å². The van der Waals surface area contributed by atoms with E-state index in [1.165, 1.54) is 23.5 Å². The van der Waals surface area contributed by atoms with E-state index in [9.17, 15) is 4.39 Å². The zero-order valence-electron chi connectivity index (χ0n) is 19.3. The number of benzene rings is 3. The standard InChI is InChI=1S/C24H20FN5O4S/c1-31-18-9-13(24-26-16-7-6-15(25)12-21(16)35-24)5-8-17(18)30-23(27-28-29-30)14-10-19(32-2)22(34-4)20(11-14)33-3/h5-12H,1-4H3. The molecule has 0 unspecified atom stereocenters. The Hall–Kier alpha value is -4.25. The molecule has 0 N–H and O–H groups in total. The molecule has 11 heteroatoms. The van der Waals surface area contributed by atoms with Gasteiger partial charge in [-0.2, -0.15) is 4.68 Å². The molecule has 35 heavy (non-hydrogen) atoms. The zero-order valence-corrected chi connectivity index (χ0v) is 20.1. The summed E-state index contributed by atoms with van der Waals surface area (Å²) in [5.41, 5.74) is 2.84. The molecule has 0 saturated carbocycles. The Morgan fingerprint density at radius 1 is 0.800 bits per heavy atom. The lowest BCUT2D eigenvalue weighted by molar-refractivity contribution is 0.324. The summed E-state index contributed by atoms with van der Waals surface area (Å²) < 4.78 is 38.0. The van der Waals surface area contributed by atoms with Crippen molar-refractivity contribution in [1.29, 1.82) is 0 Å². The first-order valence-electron chi connectivity index (χ1n) is 10.4. The molecular weight excluding hydrogens is 473 g/mol. The topological polar surface area (TPSA) is 93.4 Å². The van der Waals surface area contributed by atoms with Crippen LogP contribution in [0, 0.1) is 5.82 Å². The first-order chi connectivity index (χ1) is 17.1. The van der Waals surface area contributed by atoms with E-state index in [0.29, 0.717) is 40.1 Å². The summed E-state index contributed by atoms with van der Waals surface area (Å²) >= 11 is 1.41. The molecular formula is C24H20FN5O4S. The van der Waals surface area contributed by atoms with E-state index in [-0.39, 0.29) is 5.82 Å². The SMILES string of the molecule is COc1cc(-c2nc3ccc(F)cc3s2)ccc1-n1nnnc1-c1cc(OC)c(OC)c(OC)c1. The van der Waals surface area contributed by atoms with Crippen LogP contribution in [0.4, 0.5) is 4.39 Å². The Balaban J connectivity index is 1.59. The van der Waals surface area contributed by atoms with E-state index in [0.717, 1.165) is 20.8 Å². The normalized spacial score (nSPS) is 11.0. The van der Waals surface area contributed by atoms with Gasteiger partial charge in [0.15, 0.2) is 17.3 Å². The molecule has 0 aliphatic heterocycles. The molecule has 5 aromatic rings. The number of hydrogen-bond acceptors (Lipinski definition) is 9. The van der Waals surface area contributed by atoms with E-state index in [1.54, 1.807) is 51.3 Å². The fraction of sp³-hybridized carbons (Fsp3) is 0.167. The van der Waals surface area contributed by atoms with Crippen molar-refractivity contribution in [3.8, 4) is 50.6 Å². The van der Waals surface area contributed by atoms with Crippen LogP contribution in [0.5, 0.6) is 23.0 Å². The number of fused-ring (bicyclic) bond motifs is 1. The van der Waals surface area contributed by atoms with Crippen molar-refractivity contribution in [1.82, 2.24) is 25.2 Å². The molecule has 0 spiro atoms. The summed E-state index contributed by atoms with van der Waals surface area (Å²) in [4.78, 5) is 4.62. The number of halogens is 1. The minimum Gasteiger partial charge on any atom is -0.494 e. The molecule has 0 amide bonds. The van der Waals surface area contributed by atoms with Gasteiger partial charge < -0.3 is 18.9 Å². The van der Waals surface area contributed by atoms with Crippen molar-refractivity contribution in [2.45, 2.75) is 0 Å². The molecule has 2 heterocycles. The lowest BCUT2D eigenvalue weighted by Gasteiger charge is -2.15. The number of thiazole rings is 1. The molecule has 9 nitrogen and oxygen atoms in total. The largest absolute Gasteiger partial charge is 0.494 e. The van der Waals surface area contributed by atoms with E-state index < -0.39 is 0 Å². The van der Waals surface area contributed by atoms with Crippen LogP contribution < -0.4 is 18.9 Å². The Morgan fingerprint density at radius 3 is 2.20 bits per heavy atom. The highest BCUT2D eigenvalue weighted by Crippen LogP contribution is 2.41. The summed E-state index contributed by atoms with van der Waals surface area (Å²) in [6.45, 7) is 0. The number of aromatic nitrogens is 5. The van der Waals surface area contributed by atoms with Gasteiger partial charge in [0, 0.05) is 11.1 Å². The quantitative estimate of drug-likeness (QED) is 0.320. The van der Waals surface area contributed by atoms with E-state index >= 15 is 0 Å². The third-order valence-electron chi connectivity index (χ3n) is 5.40. The second-order valence-electron chi connectivity index (χ2n) is 7.35. The maximum Gasteiger partial charge on any atom is 0.203 e. The van der Waals surface area contributed by atoms with Gasteiger partial charge in [-0.15, -0.1) is 16.4 Å². The Kier molecular flexibility index (Phi) is 5.91. The van der Waals surface area contributed by atoms with Crippen molar-refractivity contribution in [2.24, 2.45) is 0 Å². The van der Waals surface area contributed by atoms with Crippen LogP contribution in [0.2, 0.25) is 0 Å².